The fraction of sp³-hybridized carbons (Fsp3) is 0.400. The number of aryl methyl sites for hydroxylation is 1. The number of methoxy groups -OCH3 is 1. The maximum Gasteiger partial charge on any atom is 0.161 e. The Labute approximate surface area is 139 Å². The molecule has 0 atom stereocenters. The molecule has 23 heavy (non-hydrogen) atoms. The Balaban J connectivity index is 1.80. The van der Waals surface area contributed by atoms with Crippen molar-refractivity contribution in [2.24, 2.45) is 0 Å². The molecule has 0 aliphatic rings. The van der Waals surface area contributed by atoms with Crippen LogP contribution in [0.25, 0.3) is 0 Å². The lowest BCUT2D eigenvalue weighted by Crippen LogP contribution is -2.06. The van der Waals surface area contributed by atoms with E-state index < -0.39 is 0 Å². The Hall–Kier alpha value is -2.16. The van der Waals surface area contributed by atoms with Crippen LogP contribution >= 0.6 is 0 Å². The fourth-order valence-corrected chi connectivity index (χ4v) is 2.29. The Morgan fingerprint density at radius 2 is 1.52 bits per heavy atom. The van der Waals surface area contributed by atoms with E-state index in [2.05, 4.69) is 39.0 Å². The molecule has 124 valence electrons. The number of hydrogen-bond acceptors (Lipinski definition) is 3. The Morgan fingerprint density at radius 1 is 0.870 bits per heavy atom. The third-order valence-corrected chi connectivity index (χ3v) is 3.75. The smallest absolute Gasteiger partial charge is 0.161 e. The molecule has 0 N–H and O–H groups in total. The van der Waals surface area contributed by atoms with Crippen molar-refractivity contribution in [2.75, 3.05) is 20.3 Å². The summed E-state index contributed by atoms with van der Waals surface area (Å²) in [5, 5.41) is 0. The summed E-state index contributed by atoms with van der Waals surface area (Å²) in [5.41, 5.74) is 2.47. The minimum Gasteiger partial charge on any atom is -0.493 e. The van der Waals surface area contributed by atoms with Crippen LogP contribution in [0.15, 0.2) is 42.5 Å². The zero-order chi connectivity index (χ0) is 16.7. The van der Waals surface area contributed by atoms with Gasteiger partial charge in [-0.05, 0) is 42.2 Å². The predicted octanol–water partition coefficient (Wildman–Crippen LogP) is 4.97. The first-order valence-corrected chi connectivity index (χ1v) is 8.11. The molecule has 0 aromatic heterocycles. The van der Waals surface area contributed by atoms with Crippen LogP contribution in [0.4, 0.5) is 0 Å². The van der Waals surface area contributed by atoms with Crippen molar-refractivity contribution >= 4 is 0 Å². The monoisotopic (exact) mass is 314 g/mol. The number of para-hydroxylation sites is 2. The van der Waals surface area contributed by atoms with Gasteiger partial charge in [0.2, 0.25) is 0 Å². The minimum atomic E-state index is 0.506. The van der Waals surface area contributed by atoms with E-state index in [1.54, 1.807) is 7.11 Å². The second-order valence-corrected chi connectivity index (χ2v) is 5.88. The molecule has 0 aliphatic carbocycles. The molecule has 0 heterocycles. The molecule has 0 radical (unpaired) electrons. The van der Waals surface area contributed by atoms with E-state index in [4.69, 9.17) is 14.2 Å². The highest BCUT2D eigenvalue weighted by atomic mass is 16.5. The van der Waals surface area contributed by atoms with Crippen LogP contribution in [0.1, 0.15) is 37.3 Å². The van der Waals surface area contributed by atoms with Gasteiger partial charge in [-0.2, -0.15) is 0 Å². The lowest BCUT2D eigenvalue weighted by Gasteiger charge is -2.13. The molecule has 0 bridgehead atoms. The average molecular weight is 314 g/mol. The molecule has 2 rings (SSSR count). The van der Waals surface area contributed by atoms with Gasteiger partial charge >= 0.3 is 0 Å². The van der Waals surface area contributed by atoms with Crippen molar-refractivity contribution in [3.8, 4) is 17.2 Å². The maximum absolute atomic E-state index is 5.91. The molecule has 2 aromatic rings. The van der Waals surface area contributed by atoms with Crippen molar-refractivity contribution in [2.45, 2.75) is 33.1 Å². The standard InChI is InChI=1S/C20H26O3/c1-15(2)17-11-10-16(3)20(14-17)23-13-7-12-22-19-9-6-5-8-18(19)21-4/h5-6,8-11,14-15H,7,12-13H2,1-4H3. The zero-order valence-electron chi connectivity index (χ0n) is 14.5. The summed E-state index contributed by atoms with van der Waals surface area (Å²) in [6.07, 6.45) is 0.823. The van der Waals surface area contributed by atoms with Gasteiger partial charge in [0.05, 0.1) is 20.3 Å². The molecule has 0 saturated heterocycles. The van der Waals surface area contributed by atoms with E-state index >= 15 is 0 Å². The molecule has 3 nitrogen and oxygen atoms in total. The number of ether oxygens (including phenoxy) is 3. The van der Waals surface area contributed by atoms with Crippen LogP contribution in [0.5, 0.6) is 17.2 Å². The average Bonchev–Trinajstić information content (AvgIpc) is 2.56. The van der Waals surface area contributed by atoms with E-state index in [0.29, 0.717) is 19.1 Å². The van der Waals surface area contributed by atoms with Gasteiger partial charge in [-0.15, -0.1) is 0 Å². The van der Waals surface area contributed by atoms with Crippen LogP contribution in [0.3, 0.4) is 0 Å². The molecular formula is C20H26O3. The van der Waals surface area contributed by atoms with E-state index in [0.717, 1.165) is 23.7 Å². The third-order valence-electron chi connectivity index (χ3n) is 3.75. The highest BCUT2D eigenvalue weighted by Crippen LogP contribution is 2.26. The SMILES string of the molecule is COc1ccccc1OCCCOc1cc(C(C)C)ccc1C. The van der Waals surface area contributed by atoms with Crippen LogP contribution < -0.4 is 14.2 Å². The molecule has 0 aliphatic heterocycles. The second-order valence-electron chi connectivity index (χ2n) is 5.88. The molecule has 0 amide bonds. The maximum atomic E-state index is 5.91. The fourth-order valence-electron chi connectivity index (χ4n) is 2.29. The third kappa shape index (κ3) is 4.92. The Kier molecular flexibility index (Phi) is 6.33. The normalized spacial score (nSPS) is 10.7. The molecule has 0 fully saturated rings. The summed E-state index contributed by atoms with van der Waals surface area (Å²) in [6, 6.07) is 14.1. The summed E-state index contributed by atoms with van der Waals surface area (Å²) >= 11 is 0. The number of hydrogen-bond donors (Lipinski definition) is 0. The van der Waals surface area contributed by atoms with E-state index in [9.17, 15) is 0 Å². The lowest BCUT2D eigenvalue weighted by molar-refractivity contribution is 0.239. The molecular weight excluding hydrogens is 288 g/mol. The van der Waals surface area contributed by atoms with Gasteiger partial charge in [-0.25, -0.2) is 0 Å². The largest absolute Gasteiger partial charge is 0.493 e. The quantitative estimate of drug-likeness (QED) is 0.643. The zero-order valence-corrected chi connectivity index (χ0v) is 14.5. The van der Waals surface area contributed by atoms with Crippen LogP contribution in [-0.4, -0.2) is 20.3 Å². The molecule has 0 saturated carbocycles. The van der Waals surface area contributed by atoms with Gasteiger partial charge in [0.1, 0.15) is 5.75 Å². The molecule has 3 heteroatoms. The first-order valence-electron chi connectivity index (χ1n) is 8.11. The van der Waals surface area contributed by atoms with Gasteiger partial charge in [0.25, 0.3) is 0 Å². The van der Waals surface area contributed by atoms with Crippen LogP contribution in [0, 0.1) is 6.92 Å². The topological polar surface area (TPSA) is 27.7 Å². The first kappa shape index (κ1) is 17.2. The van der Waals surface area contributed by atoms with Gasteiger partial charge in [0, 0.05) is 6.42 Å². The first-order chi connectivity index (χ1) is 11.1. The highest BCUT2D eigenvalue weighted by molar-refractivity contribution is 5.39. The number of benzene rings is 2. The molecule has 0 spiro atoms. The van der Waals surface area contributed by atoms with Crippen LogP contribution in [0.2, 0.25) is 0 Å². The van der Waals surface area contributed by atoms with E-state index in [-0.39, 0.29) is 0 Å². The van der Waals surface area contributed by atoms with Crippen molar-refractivity contribution in [1.29, 1.82) is 0 Å². The van der Waals surface area contributed by atoms with Gasteiger partial charge in [0.15, 0.2) is 11.5 Å². The summed E-state index contributed by atoms with van der Waals surface area (Å²) in [4.78, 5) is 0. The summed E-state index contributed by atoms with van der Waals surface area (Å²) in [5.74, 6) is 3.00. The van der Waals surface area contributed by atoms with Gasteiger partial charge < -0.3 is 14.2 Å². The highest BCUT2D eigenvalue weighted by Gasteiger charge is 2.05. The summed E-state index contributed by atoms with van der Waals surface area (Å²) in [7, 11) is 1.65. The lowest BCUT2D eigenvalue weighted by atomic mass is 10.0. The van der Waals surface area contributed by atoms with Crippen molar-refractivity contribution in [3.05, 3.63) is 53.6 Å². The van der Waals surface area contributed by atoms with E-state index in [1.807, 2.05) is 24.3 Å². The summed E-state index contributed by atoms with van der Waals surface area (Å²) in [6.45, 7) is 7.69. The minimum absolute atomic E-state index is 0.506. The molecule has 0 unspecified atom stereocenters. The van der Waals surface area contributed by atoms with E-state index in [1.165, 1.54) is 11.1 Å². The Bertz CT molecular complexity index is 620. The van der Waals surface area contributed by atoms with Crippen molar-refractivity contribution < 1.29 is 14.2 Å². The summed E-state index contributed by atoms with van der Waals surface area (Å²) < 4.78 is 16.9. The predicted molar refractivity (Wildman–Crippen MR) is 93.9 cm³/mol. The van der Waals surface area contributed by atoms with Crippen molar-refractivity contribution in [3.63, 3.8) is 0 Å². The molecule has 2 aromatic carbocycles. The van der Waals surface area contributed by atoms with Gasteiger partial charge in [-0.1, -0.05) is 38.1 Å². The second kappa shape index (κ2) is 8.47. The van der Waals surface area contributed by atoms with Crippen molar-refractivity contribution in [1.82, 2.24) is 0 Å². The van der Waals surface area contributed by atoms with Gasteiger partial charge in [-0.3, -0.25) is 0 Å². The Morgan fingerprint density at radius 3 is 2.17 bits per heavy atom. The number of rotatable bonds is 8. The van der Waals surface area contributed by atoms with Crippen LogP contribution in [-0.2, 0) is 0 Å².